The second kappa shape index (κ2) is 25.7. The zero-order chi connectivity index (χ0) is 46.8. The lowest BCUT2D eigenvalue weighted by molar-refractivity contribution is -0.371. The summed E-state index contributed by atoms with van der Waals surface area (Å²) in [5, 5.41) is 11.9. The van der Waals surface area contributed by atoms with Gasteiger partial charge in [-0.05, 0) is 33.4 Å². The smallest absolute Gasteiger partial charge is 0.303 e. The summed E-state index contributed by atoms with van der Waals surface area (Å²) in [5.41, 5.74) is 5.49. The molecule has 68 heavy (non-hydrogen) atoms. The molecule has 356 valence electrons. The van der Waals surface area contributed by atoms with Gasteiger partial charge in [-0.3, -0.25) is 4.79 Å². The van der Waals surface area contributed by atoms with Crippen molar-refractivity contribution in [3.63, 3.8) is 0 Å². The summed E-state index contributed by atoms with van der Waals surface area (Å²) in [6.45, 7) is 2.55. The Morgan fingerprint density at radius 1 is 0.412 bits per heavy atom. The average molecular weight is 925 g/mol. The van der Waals surface area contributed by atoms with Gasteiger partial charge in [0.2, 0.25) is 0 Å². The normalized spacial score (nSPS) is 24.9. The monoisotopic (exact) mass is 924 g/mol. The fourth-order valence-corrected chi connectivity index (χ4v) is 8.34. The molecule has 10 atom stereocenters. The van der Waals surface area contributed by atoms with E-state index in [9.17, 15) is 9.90 Å². The lowest BCUT2D eigenvalue weighted by atomic mass is 9.95. The van der Waals surface area contributed by atoms with Crippen LogP contribution in [0.3, 0.4) is 0 Å². The van der Waals surface area contributed by atoms with E-state index in [1.807, 2.05) is 182 Å². The zero-order valence-corrected chi connectivity index (χ0v) is 38.2. The first-order valence-electron chi connectivity index (χ1n) is 23.1. The van der Waals surface area contributed by atoms with Crippen LogP contribution in [-0.4, -0.2) is 85.7 Å². The molecule has 2 aliphatic rings. The lowest BCUT2D eigenvalue weighted by Gasteiger charge is -2.49. The fraction of sp³-hybridized carbons (Fsp3) is 0.339. The SMILES string of the molecule is CC(=O)O[C@H]1[C@@H](OCc2ccccc2)[C@@H](COCc2ccccc2)O[C@@H](O[C@H]2[C@H](OCc3ccccc3)[C@@H](OCc3ccccc3)C(O)O[C@@H]2COCc2ccccc2)[C@@H]1OCc1ccccc1. The van der Waals surface area contributed by atoms with E-state index in [1.165, 1.54) is 6.92 Å². The van der Waals surface area contributed by atoms with Crippen molar-refractivity contribution in [1.29, 1.82) is 0 Å². The molecular weight excluding hydrogens is 865 g/mol. The van der Waals surface area contributed by atoms with E-state index in [0.29, 0.717) is 0 Å². The Morgan fingerprint density at radius 3 is 1.15 bits per heavy atom. The number of aliphatic hydroxyl groups is 1. The van der Waals surface area contributed by atoms with Crippen molar-refractivity contribution in [2.24, 2.45) is 0 Å². The Morgan fingerprint density at radius 2 is 0.750 bits per heavy atom. The van der Waals surface area contributed by atoms with E-state index in [2.05, 4.69) is 0 Å². The van der Waals surface area contributed by atoms with Crippen molar-refractivity contribution < 1.29 is 57.3 Å². The minimum Gasteiger partial charge on any atom is -0.457 e. The van der Waals surface area contributed by atoms with Gasteiger partial charge in [0.25, 0.3) is 0 Å². The van der Waals surface area contributed by atoms with Crippen LogP contribution in [-0.2, 0) is 91.8 Å². The maximum Gasteiger partial charge on any atom is 0.303 e. The van der Waals surface area contributed by atoms with Crippen molar-refractivity contribution in [2.45, 2.75) is 108 Å². The van der Waals surface area contributed by atoms with Crippen molar-refractivity contribution >= 4 is 5.97 Å². The van der Waals surface area contributed by atoms with Gasteiger partial charge in [0.1, 0.15) is 42.7 Å². The highest BCUT2D eigenvalue weighted by Gasteiger charge is 2.55. The lowest BCUT2D eigenvalue weighted by Crippen LogP contribution is -2.66. The van der Waals surface area contributed by atoms with Crippen LogP contribution in [0.15, 0.2) is 182 Å². The van der Waals surface area contributed by atoms with E-state index >= 15 is 0 Å². The minimum absolute atomic E-state index is 0.00468. The van der Waals surface area contributed by atoms with Crippen LogP contribution in [0.2, 0.25) is 0 Å². The Kier molecular flexibility index (Phi) is 18.4. The van der Waals surface area contributed by atoms with Crippen molar-refractivity contribution in [3.05, 3.63) is 215 Å². The third kappa shape index (κ3) is 14.2. The van der Waals surface area contributed by atoms with Crippen LogP contribution in [0, 0.1) is 0 Å². The molecule has 2 heterocycles. The van der Waals surface area contributed by atoms with E-state index in [4.69, 9.17) is 47.4 Å². The molecule has 0 bridgehead atoms. The topological polar surface area (TPSA) is 130 Å². The molecule has 1 unspecified atom stereocenters. The molecule has 0 aliphatic carbocycles. The van der Waals surface area contributed by atoms with Gasteiger partial charge in [-0.15, -0.1) is 0 Å². The van der Waals surface area contributed by atoms with Gasteiger partial charge in [-0.1, -0.05) is 182 Å². The van der Waals surface area contributed by atoms with Crippen LogP contribution in [0.1, 0.15) is 40.3 Å². The number of hydrogen-bond acceptors (Lipinski definition) is 12. The Balaban J connectivity index is 1.16. The standard InChI is InChI=1S/C56H60O12/c1-40(57)65-52-49(61-34-43-24-12-4-13-25-43)47(38-59-32-41-20-8-2-9-21-41)67-56(54(52)64-37-46-30-18-7-19-31-46)68-50-48(39-60-33-42-22-10-3-11-23-42)66-55(58)53(63-36-45-28-16-6-17-29-45)51(50)62-35-44-26-14-5-15-27-44/h2-31,47-56,58H,32-39H2,1H3/t47-,48-,49+,50-,51+,52+,53-,54-,55?,56+/m1/s1. The third-order valence-electron chi connectivity index (χ3n) is 11.7. The first kappa shape index (κ1) is 48.8. The van der Waals surface area contributed by atoms with Gasteiger partial charge in [-0.2, -0.15) is 0 Å². The highest BCUT2D eigenvalue weighted by Crippen LogP contribution is 2.36. The number of esters is 1. The average Bonchev–Trinajstić information content (AvgIpc) is 3.37. The van der Waals surface area contributed by atoms with Crippen molar-refractivity contribution in [1.82, 2.24) is 0 Å². The molecule has 0 radical (unpaired) electrons. The number of benzene rings is 6. The first-order valence-corrected chi connectivity index (χ1v) is 23.1. The van der Waals surface area contributed by atoms with Crippen molar-refractivity contribution in [3.8, 4) is 0 Å². The number of hydrogen-bond donors (Lipinski definition) is 1. The predicted molar refractivity (Wildman–Crippen MR) is 252 cm³/mol. The first-order chi connectivity index (χ1) is 33.5. The maximum atomic E-state index is 13.2. The number of carbonyl (C=O) groups excluding carboxylic acids is 1. The zero-order valence-electron chi connectivity index (χ0n) is 38.2. The van der Waals surface area contributed by atoms with Gasteiger partial charge >= 0.3 is 5.97 Å². The molecule has 1 N–H and O–H groups in total. The van der Waals surface area contributed by atoms with Crippen LogP contribution in [0.25, 0.3) is 0 Å². The molecule has 2 fully saturated rings. The number of rotatable bonds is 23. The second-order valence-electron chi connectivity index (χ2n) is 16.8. The molecule has 2 aliphatic heterocycles. The van der Waals surface area contributed by atoms with Crippen LogP contribution < -0.4 is 0 Å². The third-order valence-corrected chi connectivity index (χ3v) is 11.7. The van der Waals surface area contributed by atoms with Gasteiger partial charge in [0.05, 0.1) is 52.9 Å². The quantitative estimate of drug-likeness (QED) is 0.0619. The molecule has 12 heteroatoms. The highest BCUT2D eigenvalue weighted by atomic mass is 16.8. The largest absolute Gasteiger partial charge is 0.457 e. The van der Waals surface area contributed by atoms with Crippen LogP contribution in [0.5, 0.6) is 0 Å². The molecule has 6 aromatic carbocycles. The Labute approximate surface area is 398 Å². The summed E-state index contributed by atoms with van der Waals surface area (Å²) >= 11 is 0. The second-order valence-corrected chi connectivity index (χ2v) is 16.8. The summed E-state index contributed by atoms with van der Waals surface area (Å²) in [4.78, 5) is 13.2. The van der Waals surface area contributed by atoms with Gasteiger partial charge in [-0.25, -0.2) is 0 Å². The molecule has 0 amide bonds. The van der Waals surface area contributed by atoms with Crippen LogP contribution >= 0.6 is 0 Å². The summed E-state index contributed by atoms with van der Waals surface area (Å²) in [5.74, 6) is -0.545. The van der Waals surface area contributed by atoms with E-state index in [-0.39, 0.29) is 52.9 Å². The summed E-state index contributed by atoms with van der Waals surface area (Å²) in [6, 6.07) is 58.4. The minimum atomic E-state index is -1.44. The Bertz CT molecular complexity index is 2330. The molecule has 0 aromatic heterocycles. The highest BCUT2D eigenvalue weighted by molar-refractivity contribution is 5.66. The summed E-state index contributed by atoms with van der Waals surface area (Å²) in [7, 11) is 0. The summed E-state index contributed by atoms with van der Waals surface area (Å²) < 4.78 is 66.5. The van der Waals surface area contributed by atoms with Gasteiger partial charge in [0.15, 0.2) is 18.7 Å². The number of aliphatic hydroxyl groups excluding tert-OH is 1. The molecule has 2 saturated heterocycles. The number of ether oxygens (including phenoxy) is 10. The maximum absolute atomic E-state index is 13.2. The number of carbonyl (C=O) groups is 1. The van der Waals surface area contributed by atoms with Gasteiger partial charge < -0.3 is 52.5 Å². The molecular formula is C56H60O12. The Hall–Kier alpha value is -5.61. The van der Waals surface area contributed by atoms with Gasteiger partial charge in [0, 0.05) is 6.92 Å². The molecule has 0 saturated carbocycles. The molecule has 12 nitrogen and oxygen atoms in total. The van der Waals surface area contributed by atoms with E-state index < -0.39 is 67.4 Å². The van der Waals surface area contributed by atoms with E-state index in [1.54, 1.807) is 0 Å². The predicted octanol–water partition coefficient (Wildman–Crippen LogP) is 8.52. The summed E-state index contributed by atoms with van der Waals surface area (Å²) in [6.07, 6.45) is -10.5. The molecule has 8 rings (SSSR count). The molecule has 6 aromatic rings. The van der Waals surface area contributed by atoms with E-state index in [0.717, 1.165) is 33.4 Å². The molecule has 0 spiro atoms. The van der Waals surface area contributed by atoms with Crippen LogP contribution in [0.4, 0.5) is 0 Å². The fourth-order valence-electron chi connectivity index (χ4n) is 8.34. The van der Waals surface area contributed by atoms with Crippen molar-refractivity contribution in [2.75, 3.05) is 13.2 Å².